The molecule has 24 heavy (non-hydrogen) atoms. The number of urea groups is 1. The highest BCUT2D eigenvalue weighted by Gasteiger charge is 2.21. The fourth-order valence-electron chi connectivity index (χ4n) is 2.79. The lowest BCUT2D eigenvalue weighted by Crippen LogP contribution is -2.24. The number of hydrogen-bond acceptors (Lipinski definition) is 2. The van der Waals surface area contributed by atoms with Crippen molar-refractivity contribution < 1.29 is 9.59 Å². The Balaban J connectivity index is 1.68. The standard InChI is InChI=1S/C19H21N3O2/c1-13-8-9-16(11-14(13)2)21-19(24)20-15-5-3-6-17(12-15)22-10-4-7-18(22)23/h3,5-6,8-9,11-12H,4,7,10H2,1-2H3,(H2,20,21,24). The number of nitrogens with zero attached hydrogens (tertiary/aromatic N) is 1. The van der Waals surface area contributed by atoms with Crippen molar-refractivity contribution in [3.05, 3.63) is 53.6 Å². The zero-order valence-electron chi connectivity index (χ0n) is 13.9. The molecule has 1 heterocycles. The Morgan fingerprint density at radius 3 is 2.42 bits per heavy atom. The molecular weight excluding hydrogens is 302 g/mol. The van der Waals surface area contributed by atoms with Gasteiger partial charge in [0.1, 0.15) is 0 Å². The van der Waals surface area contributed by atoms with E-state index in [0.717, 1.165) is 29.9 Å². The molecule has 0 spiro atoms. The summed E-state index contributed by atoms with van der Waals surface area (Å²) >= 11 is 0. The summed E-state index contributed by atoms with van der Waals surface area (Å²) in [6, 6.07) is 12.8. The van der Waals surface area contributed by atoms with Gasteiger partial charge in [-0.1, -0.05) is 12.1 Å². The Kier molecular flexibility index (Phi) is 4.51. The molecule has 1 saturated heterocycles. The number of benzene rings is 2. The summed E-state index contributed by atoms with van der Waals surface area (Å²) in [4.78, 5) is 25.8. The SMILES string of the molecule is Cc1ccc(NC(=O)Nc2cccc(N3CCCC3=O)c2)cc1C. The number of anilines is 3. The van der Waals surface area contributed by atoms with Gasteiger partial charge in [-0.15, -0.1) is 0 Å². The van der Waals surface area contributed by atoms with Gasteiger partial charge in [0, 0.05) is 30.0 Å². The molecule has 2 aromatic carbocycles. The van der Waals surface area contributed by atoms with Crippen LogP contribution in [0.15, 0.2) is 42.5 Å². The van der Waals surface area contributed by atoms with Crippen molar-refractivity contribution in [1.29, 1.82) is 0 Å². The Labute approximate surface area is 141 Å². The minimum atomic E-state index is -0.303. The van der Waals surface area contributed by atoms with E-state index in [1.165, 1.54) is 5.56 Å². The lowest BCUT2D eigenvalue weighted by atomic mass is 10.1. The maximum Gasteiger partial charge on any atom is 0.323 e. The van der Waals surface area contributed by atoms with Crippen LogP contribution in [0.1, 0.15) is 24.0 Å². The highest BCUT2D eigenvalue weighted by atomic mass is 16.2. The van der Waals surface area contributed by atoms with Gasteiger partial charge >= 0.3 is 6.03 Å². The van der Waals surface area contributed by atoms with Crippen LogP contribution in [0.5, 0.6) is 0 Å². The molecule has 1 aliphatic rings. The third-order valence-corrected chi connectivity index (χ3v) is 4.25. The van der Waals surface area contributed by atoms with Gasteiger partial charge in [-0.3, -0.25) is 4.79 Å². The smallest absolute Gasteiger partial charge is 0.312 e. The van der Waals surface area contributed by atoms with Crippen molar-refractivity contribution in [1.82, 2.24) is 0 Å². The van der Waals surface area contributed by atoms with Gasteiger partial charge in [-0.05, 0) is 61.7 Å². The van der Waals surface area contributed by atoms with Crippen molar-refractivity contribution in [2.45, 2.75) is 26.7 Å². The first-order valence-corrected chi connectivity index (χ1v) is 8.08. The fraction of sp³-hybridized carbons (Fsp3) is 0.263. The van der Waals surface area contributed by atoms with Gasteiger partial charge in [0.05, 0.1) is 0 Å². The van der Waals surface area contributed by atoms with Crippen molar-refractivity contribution in [3.8, 4) is 0 Å². The fourth-order valence-corrected chi connectivity index (χ4v) is 2.79. The molecule has 0 aliphatic carbocycles. The molecule has 1 aliphatic heterocycles. The molecule has 124 valence electrons. The molecule has 0 saturated carbocycles. The summed E-state index contributed by atoms with van der Waals surface area (Å²) in [6.07, 6.45) is 1.47. The second kappa shape index (κ2) is 6.74. The van der Waals surface area contributed by atoms with Gasteiger partial charge in [-0.25, -0.2) is 4.79 Å². The molecule has 3 amide bonds. The first kappa shape index (κ1) is 16.1. The summed E-state index contributed by atoms with van der Waals surface area (Å²) < 4.78 is 0. The van der Waals surface area contributed by atoms with Crippen LogP contribution in [0, 0.1) is 13.8 Å². The average molecular weight is 323 g/mol. The molecule has 5 nitrogen and oxygen atoms in total. The Bertz CT molecular complexity index is 786. The van der Waals surface area contributed by atoms with Gasteiger partial charge < -0.3 is 15.5 Å². The molecule has 0 atom stereocenters. The van der Waals surface area contributed by atoms with Crippen LogP contribution in [-0.4, -0.2) is 18.5 Å². The number of rotatable bonds is 3. The van der Waals surface area contributed by atoms with Crippen molar-refractivity contribution >= 4 is 29.0 Å². The molecule has 5 heteroatoms. The zero-order chi connectivity index (χ0) is 17.1. The first-order chi connectivity index (χ1) is 11.5. The molecule has 0 unspecified atom stereocenters. The van der Waals surface area contributed by atoms with E-state index < -0.39 is 0 Å². The van der Waals surface area contributed by atoms with Crippen molar-refractivity contribution in [2.75, 3.05) is 22.1 Å². The van der Waals surface area contributed by atoms with E-state index in [9.17, 15) is 9.59 Å². The summed E-state index contributed by atoms with van der Waals surface area (Å²) in [5, 5.41) is 5.64. The molecule has 0 aromatic heterocycles. The van der Waals surface area contributed by atoms with Crippen molar-refractivity contribution in [2.24, 2.45) is 0 Å². The summed E-state index contributed by atoms with van der Waals surface area (Å²) in [5.74, 6) is 0.131. The lowest BCUT2D eigenvalue weighted by molar-refractivity contribution is -0.117. The third-order valence-electron chi connectivity index (χ3n) is 4.25. The quantitative estimate of drug-likeness (QED) is 0.894. The van der Waals surface area contributed by atoms with E-state index in [0.29, 0.717) is 12.1 Å². The maximum atomic E-state index is 12.2. The number of carbonyl (C=O) groups is 2. The summed E-state index contributed by atoms with van der Waals surface area (Å²) in [7, 11) is 0. The predicted molar refractivity (Wildman–Crippen MR) is 96.6 cm³/mol. The van der Waals surface area contributed by atoms with E-state index in [1.807, 2.05) is 56.3 Å². The van der Waals surface area contributed by atoms with Crippen LogP contribution in [0.3, 0.4) is 0 Å². The van der Waals surface area contributed by atoms with Crippen LogP contribution in [-0.2, 0) is 4.79 Å². The van der Waals surface area contributed by atoms with E-state index >= 15 is 0 Å². The van der Waals surface area contributed by atoms with Crippen LogP contribution < -0.4 is 15.5 Å². The second-order valence-electron chi connectivity index (χ2n) is 6.08. The minimum absolute atomic E-state index is 0.131. The van der Waals surface area contributed by atoms with Gasteiger partial charge in [0.2, 0.25) is 5.91 Å². The average Bonchev–Trinajstić information content (AvgIpc) is 2.97. The monoisotopic (exact) mass is 323 g/mol. The van der Waals surface area contributed by atoms with Gasteiger partial charge in [-0.2, -0.15) is 0 Å². The Hall–Kier alpha value is -2.82. The zero-order valence-corrected chi connectivity index (χ0v) is 13.9. The van der Waals surface area contributed by atoms with E-state index in [1.54, 1.807) is 4.90 Å². The van der Waals surface area contributed by atoms with E-state index in [2.05, 4.69) is 10.6 Å². The molecule has 2 aromatic rings. The summed E-state index contributed by atoms with van der Waals surface area (Å²) in [5.41, 5.74) is 4.54. The first-order valence-electron chi connectivity index (χ1n) is 8.08. The lowest BCUT2D eigenvalue weighted by Gasteiger charge is -2.17. The van der Waals surface area contributed by atoms with Crippen molar-refractivity contribution in [3.63, 3.8) is 0 Å². The number of carbonyl (C=O) groups excluding carboxylic acids is 2. The molecule has 0 radical (unpaired) electrons. The predicted octanol–water partition coefficient (Wildman–Crippen LogP) is 4.07. The molecule has 3 rings (SSSR count). The minimum Gasteiger partial charge on any atom is -0.312 e. The highest BCUT2D eigenvalue weighted by molar-refractivity contribution is 6.01. The normalized spacial score (nSPS) is 13.9. The van der Waals surface area contributed by atoms with Crippen LogP contribution >= 0.6 is 0 Å². The van der Waals surface area contributed by atoms with E-state index in [4.69, 9.17) is 0 Å². The largest absolute Gasteiger partial charge is 0.323 e. The topological polar surface area (TPSA) is 61.4 Å². The van der Waals surface area contributed by atoms with E-state index in [-0.39, 0.29) is 11.9 Å². The highest BCUT2D eigenvalue weighted by Crippen LogP contribution is 2.24. The maximum absolute atomic E-state index is 12.2. The van der Waals surface area contributed by atoms with Crippen LogP contribution in [0.25, 0.3) is 0 Å². The van der Waals surface area contributed by atoms with Gasteiger partial charge in [0.25, 0.3) is 0 Å². The second-order valence-corrected chi connectivity index (χ2v) is 6.08. The Morgan fingerprint density at radius 2 is 1.75 bits per heavy atom. The molecular formula is C19H21N3O2. The third kappa shape index (κ3) is 3.56. The number of amides is 3. The molecule has 2 N–H and O–H groups in total. The number of hydrogen-bond donors (Lipinski definition) is 2. The van der Waals surface area contributed by atoms with Crippen LogP contribution in [0.2, 0.25) is 0 Å². The number of nitrogens with one attached hydrogen (secondary N) is 2. The molecule has 1 fully saturated rings. The molecule has 0 bridgehead atoms. The summed E-state index contributed by atoms with van der Waals surface area (Å²) in [6.45, 7) is 4.77. The number of aryl methyl sites for hydroxylation is 2. The Morgan fingerprint density at radius 1 is 1.00 bits per heavy atom. The van der Waals surface area contributed by atoms with Gasteiger partial charge in [0.15, 0.2) is 0 Å². The van der Waals surface area contributed by atoms with Crippen LogP contribution in [0.4, 0.5) is 21.9 Å².